The van der Waals surface area contributed by atoms with Crippen LogP contribution < -0.4 is 5.32 Å². The molecule has 0 aromatic carbocycles. The summed E-state index contributed by atoms with van der Waals surface area (Å²) in [6.07, 6.45) is 0.538. The first-order valence-electron chi connectivity index (χ1n) is 6.44. The van der Waals surface area contributed by atoms with Gasteiger partial charge in [0, 0.05) is 12.5 Å². The monoisotopic (exact) mass is 261 g/mol. The number of rotatable bonds is 10. The molecule has 0 fully saturated rings. The van der Waals surface area contributed by atoms with Crippen LogP contribution in [-0.4, -0.2) is 54.0 Å². The third-order valence-electron chi connectivity index (χ3n) is 2.82. The number of aliphatic hydroxyl groups excluding tert-OH is 2. The molecule has 18 heavy (non-hydrogen) atoms. The molecule has 0 amide bonds. The van der Waals surface area contributed by atoms with Crippen LogP contribution >= 0.6 is 0 Å². The predicted octanol–water partition coefficient (Wildman–Crippen LogP) is 0.340. The first-order valence-corrected chi connectivity index (χ1v) is 6.44. The van der Waals surface area contributed by atoms with Gasteiger partial charge in [-0.25, -0.2) is 0 Å². The maximum Gasteiger partial charge on any atom is 0.149 e. The Bertz CT molecular complexity index is 241. The second kappa shape index (κ2) is 8.58. The second-order valence-electron chi connectivity index (χ2n) is 5.43. The van der Waals surface area contributed by atoms with Gasteiger partial charge in [0.25, 0.3) is 0 Å². The fourth-order valence-electron chi connectivity index (χ4n) is 1.29. The zero-order valence-electron chi connectivity index (χ0n) is 11.9. The molecule has 1 atom stereocenters. The standard InChI is InChI=1S/C13H27NO4/c1-10(2)12(17)7-14-11(8-16)9-18-13(3,4)5-6-15/h10-11,14-16H,5-9H2,1-4H3. The molecule has 108 valence electrons. The van der Waals surface area contributed by atoms with E-state index in [1.54, 1.807) is 0 Å². The van der Waals surface area contributed by atoms with Crippen LogP contribution in [0.2, 0.25) is 0 Å². The minimum Gasteiger partial charge on any atom is -0.396 e. The Hall–Kier alpha value is -0.490. The van der Waals surface area contributed by atoms with Gasteiger partial charge < -0.3 is 20.3 Å². The molecule has 0 aromatic rings. The number of hydrogen-bond donors (Lipinski definition) is 3. The minimum atomic E-state index is -0.425. The van der Waals surface area contributed by atoms with Gasteiger partial charge in [0.1, 0.15) is 5.78 Å². The largest absolute Gasteiger partial charge is 0.396 e. The summed E-state index contributed by atoms with van der Waals surface area (Å²) in [6, 6.07) is -0.259. The van der Waals surface area contributed by atoms with Gasteiger partial charge in [0.05, 0.1) is 31.4 Å². The molecular formula is C13H27NO4. The van der Waals surface area contributed by atoms with Crippen molar-refractivity contribution in [2.24, 2.45) is 5.92 Å². The lowest BCUT2D eigenvalue weighted by molar-refractivity contribution is -0.121. The summed E-state index contributed by atoms with van der Waals surface area (Å²) in [7, 11) is 0. The van der Waals surface area contributed by atoms with Crippen molar-refractivity contribution in [3.05, 3.63) is 0 Å². The van der Waals surface area contributed by atoms with Gasteiger partial charge >= 0.3 is 0 Å². The number of carbonyl (C=O) groups excluding carboxylic acids is 1. The number of hydrogen-bond acceptors (Lipinski definition) is 5. The lowest BCUT2D eigenvalue weighted by atomic mass is 10.1. The maximum absolute atomic E-state index is 11.4. The van der Waals surface area contributed by atoms with E-state index in [4.69, 9.17) is 9.84 Å². The van der Waals surface area contributed by atoms with E-state index in [1.807, 2.05) is 27.7 Å². The van der Waals surface area contributed by atoms with Gasteiger partial charge in [-0.1, -0.05) is 13.8 Å². The highest BCUT2D eigenvalue weighted by molar-refractivity contribution is 5.82. The van der Waals surface area contributed by atoms with Crippen molar-refractivity contribution < 1.29 is 19.7 Å². The molecule has 0 aliphatic rings. The smallest absolute Gasteiger partial charge is 0.149 e. The lowest BCUT2D eigenvalue weighted by Crippen LogP contribution is -2.43. The van der Waals surface area contributed by atoms with Crippen molar-refractivity contribution in [1.82, 2.24) is 5.32 Å². The summed E-state index contributed by atoms with van der Waals surface area (Å²) in [4.78, 5) is 11.4. The van der Waals surface area contributed by atoms with Crippen LogP contribution in [-0.2, 0) is 9.53 Å². The number of aliphatic hydroxyl groups is 2. The van der Waals surface area contributed by atoms with Crippen molar-refractivity contribution in [3.63, 3.8) is 0 Å². The molecule has 0 aliphatic heterocycles. The highest BCUT2D eigenvalue weighted by Crippen LogP contribution is 2.13. The molecule has 0 saturated heterocycles. The highest BCUT2D eigenvalue weighted by atomic mass is 16.5. The number of carbonyl (C=O) groups is 1. The van der Waals surface area contributed by atoms with Gasteiger partial charge in [0.15, 0.2) is 0 Å². The fourth-order valence-corrected chi connectivity index (χ4v) is 1.29. The van der Waals surface area contributed by atoms with Crippen LogP contribution in [0.4, 0.5) is 0 Å². The van der Waals surface area contributed by atoms with Gasteiger partial charge in [-0.05, 0) is 20.3 Å². The lowest BCUT2D eigenvalue weighted by Gasteiger charge is -2.27. The Balaban J connectivity index is 4.01. The zero-order valence-corrected chi connectivity index (χ0v) is 11.9. The Morgan fingerprint density at radius 1 is 1.33 bits per heavy atom. The summed E-state index contributed by atoms with van der Waals surface area (Å²) < 4.78 is 5.62. The quantitative estimate of drug-likeness (QED) is 0.528. The average Bonchev–Trinajstić information content (AvgIpc) is 2.28. The molecule has 0 radical (unpaired) electrons. The Labute approximate surface area is 110 Å². The molecule has 5 heteroatoms. The molecule has 3 N–H and O–H groups in total. The first kappa shape index (κ1) is 17.5. The summed E-state index contributed by atoms with van der Waals surface area (Å²) in [5.74, 6) is 0.103. The minimum absolute atomic E-state index is 0.0106. The number of Topliss-reactive ketones (excluding diaryl/α,β-unsaturated/α-hetero) is 1. The van der Waals surface area contributed by atoms with E-state index in [-0.39, 0.29) is 37.5 Å². The average molecular weight is 261 g/mol. The zero-order chi connectivity index (χ0) is 14.2. The summed E-state index contributed by atoms with van der Waals surface area (Å²) in [5.41, 5.74) is -0.425. The molecule has 0 bridgehead atoms. The molecular weight excluding hydrogens is 234 g/mol. The van der Waals surface area contributed by atoms with Crippen molar-refractivity contribution in [1.29, 1.82) is 0 Å². The second-order valence-corrected chi connectivity index (χ2v) is 5.43. The molecule has 0 saturated carbocycles. The van der Waals surface area contributed by atoms with E-state index >= 15 is 0 Å². The van der Waals surface area contributed by atoms with Gasteiger partial charge in [-0.2, -0.15) is 0 Å². The summed E-state index contributed by atoms with van der Waals surface area (Å²) in [5, 5.41) is 21.1. The Morgan fingerprint density at radius 2 is 1.94 bits per heavy atom. The van der Waals surface area contributed by atoms with E-state index in [1.165, 1.54) is 0 Å². The van der Waals surface area contributed by atoms with Crippen LogP contribution in [0, 0.1) is 5.92 Å². The van der Waals surface area contributed by atoms with Crippen molar-refractivity contribution >= 4 is 5.78 Å². The number of ether oxygens (including phenoxy) is 1. The molecule has 0 aromatic heterocycles. The van der Waals surface area contributed by atoms with E-state index in [2.05, 4.69) is 5.32 Å². The Morgan fingerprint density at radius 3 is 2.39 bits per heavy atom. The van der Waals surface area contributed by atoms with Crippen LogP contribution in [0.3, 0.4) is 0 Å². The van der Waals surface area contributed by atoms with Gasteiger partial charge in [-0.15, -0.1) is 0 Å². The van der Waals surface area contributed by atoms with Crippen molar-refractivity contribution in [2.75, 3.05) is 26.4 Å². The van der Waals surface area contributed by atoms with Crippen molar-refractivity contribution in [2.45, 2.75) is 45.8 Å². The Kier molecular flexibility index (Phi) is 8.35. The van der Waals surface area contributed by atoms with E-state index in [9.17, 15) is 9.90 Å². The highest BCUT2D eigenvalue weighted by Gasteiger charge is 2.20. The van der Waals surface area contributed by atoms with Crippen LogP contribution in [0.25, 0.3) is 0 Å². The fraction of sp³-hybridized carbons (Fsp3) is 0.923. The molecule has 0 rings (SSSR count). The summed E-state index contributed by atoms with van der Waals surface area (Å²) in [6.45, 7) is 8.00. The van der Waals surface area contributed by atoms with Gasteiger partial charge in [0.2, 0.25) is 0 Å². The first-order chi connectivity index (χ1) is 8.32. The molecule has 0 heterocycles. The van der Waals surface area contributed by atoms with E-state index < -0.39 is 5.60 Å². The third kappa shape index (κ3) is 7.76. The molecule has 0 aliphatic carbocycles. The maximum atomic E-state index is 11.4. The van der Waals surface area contributed by atoms with Gasteiger partial charge in [-0.3, -0.25) is 4.79 Å². The van der Waals surface area contributed by atoms with E-state index in [0.29, 0.717) is 13.0 Å². The van der Waals surface area contributed by atoms with Crippen LogP contribution in [0.5, 0.6) is 0 Å². The summed E-state index contributed by atoms with van der Waals surface area (Å²) >= 11 is 0. The molecule has 0 spiro atoms. The molecule has 5 nitrogen and oxygen atoms in total. The van der Waals surface area contributed by atoms with Crippen LogP contribution in [0.1, 0.15) is 34.1 Å². The predicted molar refractivity (Wildman–Crippen MR) is 70.5 cm³/mol. The van der Waals surface area contributed by atoms with Crippen molar-refractivity contribution in [3.8, 4) is 0 Å². The molecule has 1 unspecified atom stereocenters. The number of nitrogens with one attached hydrogen (secondary N) is 1. The SMILES string of the molecule is CC(C)C(=O)CNC(CO)COC(C)(C)CCO. The third-order valence-corrected chi connectivity index (χ3v) is 2.82. The topological polar surface area (TPSA) is 78.8 Å². The van der Waals surface area contributed by atoms with Crippen LogP contribution in [0.15, 0.2) is 0 Å². The van der Waals surface area contributed by atoms with E-state index in [0.717, 1.165) is 0 Å². The number of ketones is 1. The normalized spacial score (nSPS) is 13.9.